The molecule has 72 valence electrons. The Bertz CT molecular complexity index is 274. The number of rotatable bonds is 0. The fourth-order valence-corrected chi connectivity index (χ4v) is 5.08. The Morgan fingerprint density at radius 1 is 1.15 bits per heavy atom. The number of hydrogen-bond donors (Lipinski definition) is 0. The van der Waals surface area contributed by atoms with Crippen LogP contribution in [0, 0.1) is 29.6 Å². The Morgan fingerprint density at radius 2 is 2.00 bits per heavy atom. The molecule has 0 amide bonds. The Kier molecular flexibility index (Phi) is 1.03. The summed E-state index contributed by atoms with van der Waals surface area (Å²) in [7, 11) is 0. The van der Waals surface area contributed by atoms with Gasteiger partial charge in [-0.3, -0.25) is 0 Å². The molecule has 7 unspecified atom stereocenters. The average Bonchev–Trinajstić information content (AvgIpc) is 2.50. The molecule has 1 saturated heterocycles. The molecule has 3 saturated carbocycles. The first-order chi connectivity index (χ1) is 6.20. The second-order valence-corrected chi connectivity index (χ2v) is 6.09. The Morgan fingerprint density at radius 3 is 2.85 bits per heavy atom. The maximum Gasteiger partial charge on any atom is 0.0954 e. The molecular formula is C12H18O. The van der Waals surface area contributed by atoms with Gasteiger partial charge in [0.25, 0.3) is 0 Å². The zero-order valence-electron chi connectivity index (χ0n) is 8.49. The van der Waals surface area contributed by atoms with Gasteiger partial charge in [-0.05, 0) is 55.8 Å². The fourth-order valence-electron chi connectivity index (χ4n) is 5.08. The van der Waals surface area contributed by atoms with Crippen LogP contribution in [0.15, 0.2) is 0 Å². The predicted octanol–water partition coefficient (Wildman–Crippen LogP) is 2.46. The Balaban J connectivity index is 1.76. The summed E-state index contributed by atoms with van der Waals surface area (Å²) in [5, 5.41) is 0. The van der Waals surface area contributed by atoms with Crippen molar-refractivity contribution in [3.8, 4) is 0 Å². The molecule has 4 aliphatic rings. The molecular weight excluding hydrogens is 160 g/mol. The van der Waals surface area contributed by atoms with Crippen molar-refractivity contribution < 1.29 is 4.74 Å². The SMILES string of the molecule is CC1CC2CC1C1C2CC2OC21C. The Labute approximate surface area is 79.8 Å². The molecule has 0 aromatic rings. The van der Waals surface area contributed by atoms with Crippen LogP contribution < -0.4 is 0 Å². The molecule has 1 nitrogen and oxygen atoms in total. The molecule has 13 heavy (non-hydrogen) atoms. The quantitative estimate of drug-likeness (QED) is 0.519. The van der Waals surface area contributed by atoms with Gasteiger partial charge in [-0.2, -0.15) is 0 Å². The zero-order chi connectivity index (χ0) is 8.79. The van der Waals surface area contributed by atoms with Crippen molar-refractivity contribution in [2.45, 2.75) is 44.8 Å². The van der Waals surface area contributed by atoms with E-state index in [-0.39, 0.29) is 0 Å². The maximum absolute atomic E-state index is 5.86. The summed E-state index contributed by atoms with van der Waals surface area (Å²) in [5.74, 6) is 5.10. The van der Waals surface area contributed by atoms with E-state index in [1.165, 1.54) is 19.3 Å². The molecule has 2 bridgehead atoms. The van der Waals surface area contributed by atoms with E-state index in [1.54, 1.807) is 0 Å². The number of ether oxygens (including phenoxy) is 1. The minimum Gasteiger partial charge on any atom is -0.366 e. The van der Waals surface area contributed by atoms with Crippen LogP contribution in [0.25, 0.3) is 0 Å². The number of epoxide rings is 1. The third-order valence-electron chi connectivity index (χ3n) is 5.63. The van der Waals surface area contributed by atoms with Gasteiger partial charge >= 0.3 is 0 Å². The molecule has 0 aromatic heterocycles. The minimum atomic E-state index is 0.346. The monoisotopic (exact) mass is 178 g/mol. The van der Waals surface area contributed by atoms with Gasteiger partial charge in [-0.1, -0.05) is 6.92 Å². The van der Waals surface area contributed by atoms with Gasteiger partial charge in [0.2, 0.25) is 0 Å². The second-order valence-electron chi connectivity index (χ2n) is 6.09. The number of fused-ring (bicyclic) bond motifs is 7. The van der Waals surface area contributed by atoms with Crippen LogP contribution in [0.1, 0.15) is 33.1 Å². The van der Waals surface area contributed by atoms with Crippen molar-refractivity contribution in [1.29, 1.82) is 0 Å². The van der Waals surface area contributed by atoms with Crippen LogP contribution in [-0.4, -0.2) is 11.7 Å². The summed E-state index contributed by atoms with van der Waals surface area (Å²) in [6.45, 7) is 4.83. The van der Waals surface area contributed by atoms with E-state index in [4.69, 9.17) is 4.74 Å². The topological polar surface area (TPSA) is 12.5 Å². The molecule has 7 atom stereocenters. The van der Waals surface area contributed by atoms with E-state index in [2.05, 4.69) is 13.8 Å². The second kappa shape index (κ2) is 1.84. The molecule has 0 aromatic carbocycles. The third kappa shape index (κ3) is 0.643. The van der Waals surface area contributed by atoms with Crippen LogP contribution >= 0.6 is 0 Å². The van der Waals surface area contributed by atoms with Crippen molar-refractivity contribution in [3.63, 3.8) is 0 Å². The van der Waals surface area contributed by atoms with E-state index >= 15 is 0 Å². The van der Waals surface area contributed by atoms with Gasteiger partial charge in [0.05, 0.1) is 11.7 Å². The van der Waals surface area contributed by atoms with Gasteiger partial charge in [-0.25, -0.2) is 0 Å². The van der Waals surface area contributed by atoms with Crippen LogP contribution in [-0.2, 0) is 4.74 Å². The molecule has 0 spiro atoms. The van der Waals surface area contributed by atoms with E-state index in [1.807, 2.05) is 0 Å². The molecule has 0 radical (unpaired) electrons. The molecule has 4 fully saturated rings. The molecule has 4 rings (SSSR count). The van der Waals surface area contributed by atoms with Gasteiger partial charge < -0.3 is 4.74 Å². The lowest BCUT2D eigenvalue weighted by atomic mass is 9.73. The highest BCUT2D eigenvalue weighted by molar-refractivity contribution is 5.20. The first-order valence-electron chi connectivity index (χ1n) is 5.88. The summed E-state index contributed by atoms with van der Waals surface area (Å²) in [5.41, 5.74) is 0.346. The van der Waals surface area contributed by atoms with Crippen molar-refractivity contribution >= 4 is 0 Å². The normalized spacial score (nSPS) is 72.5. The van der Waals surface area contributed by atoms with E-state index in [0.29, 0.717) is 11.7 Å². The van der Waals surface area contributed by atoms with Crippen LogP contribution in [0.3, 0.4) is 0 Å². The lowest BCUT2D eigenvalue weighted by Gasteiger charge is -2.33. The molecule has 1 aliphatic heterocycles. The van der Waals surface area contributed by atoms with E-state index in [9.17, 15) is 0 Å². The predicted molar refractivity (Wildman–Crippen MR) is 50.3 cm³/mol. The highest BCUT2D eigenvalue weighted by atomic mass is 16.6. The average molecular weight is 178 g/mol. The lowest BCUT2D eigenvalue weighted by Crippen LogP contribution is -2.32. The zero-order valence-corrected chi connectivity index (χ0v) is 8.49. The maximum atomic E-state index is 5.86. The summed E-state index contributed by atoms with van der Waals surface area (Å²) in [6.07, 6.45) is 5.12. The van der Waals surface area contributed by atoms with Crippen LogP contribution in [0.4, 0.5) is 0 Å². The third-order valence-corrected chi connectivity index (χ3v) is 5.63. The molecule has 1 heterocycles. The van der Waals surface area contributed by atoms with E-state index in [0.717, 1.165) is 29.6 Å². The van der Waals surface area contributed by atoms with Crippen molar-refractivity contribution in [2.75, 3.05) is 0 Å². The summed E-state index contributed by atoms with van der Waals surface area (Å²) >= 11 is 0. The first kappa shape index (κ1) is 7.28. The number of hydrogen-bond acceptors (Lipinski definition) is 1. The highest BCUT2D eigenvalue weighted by Crippen LogP contribution is 2.70. The fraction of sp³-hybridized carbons (Fsp3) is 1.00. The summed E-state index contributed by atoms with van der Waals surface area (Å²) in [4.78, 5) is 0. The molecule has 0 N–H and O–H groups in total. The van der Waals surface area contributed by atoms with Crippen molar-refractivity contribution in [3.05, 3.63) is 0 Å². The molecule has 3 aliphatic carbocycles. The first-order valence-corrected chi connectivity index (χ1v) is 5.88. The summed E-state index contributed by atoms with van der Waals surface area (Å²) in [6, 6.07) is 0. The largest absolute Gasteiger partial charge is 0.366 e. The van der Waals surface area contributed by atoms with E-state index < -0.39 is 0 Å². The van der Waals surface area contributed by atoms with Crippen molar-refractivity contribution in [2.24, 2.45) is 29.6 Å². The van der Waals surface area contributed by atoms with Gasteiger partial charge in [-0.15, -0.1) is 0 Å². The highest BCUT2D eigenvalue weighted by Gasteiger charge is 2.72. The standard InChI is InChI=1S/C12H18O/c1-6-3-7-4-8(6)11-9(7)5-10-12(11,2)13-10/h6-11H,3-5H2,1-2H3. The van der Waals surface area contributed by atoms with Gasteiger partial charge in [0.1, 0.15) is 0 Å². The van der Waals surface area contributed by atoms with Gasteiger partial charge in [0, 0.05) is 0 Å². The minimum absolute atomic E-state index is 0.346. The van der Waals surface area contributed by atoms with Gasteiger partial charge in [0.15, 0.2) is 0 Å². The Hall–Kier alpha value is -0.0400. The smallest absolute Gasteiger partial charge is 0.0954 e. The van der Waals surface area contributed by atoms with Crippen molar-refractivity contribution in [1.82, 2.24) is 0 Å². The van der Waals surface area contributed by atoms with Crippen LogP contribution in [0.2, 0.25) is 0 Å². The summed E-state index contributed by atoms with van der Waals surface area (Å²) < 4.78 is 5.86. The lowest BCUT2D eigenvalue weighted by molar-refractivity contribution is 0.0785. The molecule has 1 heteroatoms. The van der Waals surface area contributed by atoms with Crippen LogP contribution in [0.5, 0.6) is 0 Å².